The van der Waals surface area contributed by atoms with Crippen LogP contribution in [0.5, 0.6) is 5.75 Å². The average molecular weight is 178 g/mol. The molecule has 0 spiro atoms. The summed E-state index contributed by atoms with van der Waals surface area (Å²) in [6.07, 6.45) is 2.77. The number of quaternary nitrogens is 1. The largest absolute Gasteiger partial charge is 0.490 e. The summed E-state index contributed by atoms with van der Waals surface area (Å²) < 4.78 is 5.35. The van der Waals surface area contributed by atoms with Gasteiger partial charge in [0.15, 0.2) is 0 Å². The highest BCUT2D eigenvalue weighted by molar-refractivity contribution is 5.27. The molecule has 0 unspecified atom stereocenters. The Bertz CT molecular complexity index is 253. The molecule has 1 rings (SSSR count). The molecule has 0 saturated carbocycles. The molecule has 0 aliphatic heterocycles. The van der Waals surface area contributed by atoms with Crippen molar-refractivity contribution in [1.82, 2.24) is 0 Å². The van der Waals surface area contributed by atoms with Crippen molar-refractivity contribution in [3.63, 3.8) is 0 Å². The highest BCUT2D eigenvalue weighted by atomic mass is 16.5. The molecule has 0 fully saturated rings. The van der Waals surface area contributed by atoms with Gasteiger partial charge in [-0.3, -0.25) is 0 Å². The van der Waals surface area contributed by atoms with Gasteiger partial charge in [-0.2, -0.15) is 0 Å². The summed E-state index contributed by atoms with van der Waals surface area (Å²) in [5.74, 6) is 0.896. The molecular weight excluding hydrogens is 162 g/mol. The number of rotatable bonds is 5. The van der Waals surface area contributed by atoms with E-state index in [0.29, 0.717) is 6.61 Å². The molecule has 0 aliphatic carbocycles. The zero-order chi connectivity index (χ0) is 9.52. The van der Waals surface area contributed by atoms with E-state index in [4.69, 9.17) is 4.74 Å². The summed E-state index contributed by atoms with van der Waals surface area (Å²) in [7, 11) is 0. The van der Waals surface area contributed by atoms with Crippen molar-refractivity contribution in [1.29, 1.82) is 0 Å². The van der Waals surface area contributed by atoms with Gasteiger partial charge in [0.25, 0.3) is 0 Å². The molecule has 0 radical (unpaired) electrons. The first-order valence-electron chi connectivity index (χ1n) is 4.48. The Morgan fingerprint density at radius 3 is 2.54 bits per heavy atom. The highest BCUT2D eigenvalue weighted by Gasteiger charge is 1.94. The SMILES string of the molecule is C=CCOc1ccc(CC[NH3+])cc1. The van der Waals surface area contributed by atoms with Crippen molar-refractivity contribution in [2.45, 2.75) is 6.42 Å². The normalized spacial score (nSPS) is 9.62. The summed E-state index contributed by atoms with van der Waals surface area (Å²) in [5, 5.41) is 0. The smallest absolute Gasteiger partial charge is 0.119 e. The fourth-order valence-corrected chi connectivity index (χ4v) is 1.11. The maximum atomic E-state index is 5.35. The van der Waals surface area contributed by atoms with Gasteiger partial charge in [-0.15, -0.1) is 0 Å². The van der Waals surface area contributed by atoms with Crippen LogP contribution < -0.4 is 10.5 Å². The third-order valence-corrected chi connectivity index (χ3v) is 1.76. The molecule has 13 heavy (non-hydrogen) atoms. The first-order valence-corrected chi connectivity index (χ1v) is 4.48. The standard InChI is InChI=1S/C11H15NO/c1-2-9-13-11-5-3-10(4-6-11)7-8-12/h2-6H,1,7-9,12H2/p+1. The average Bonchev–Trinajstić information content (AvgIpc) is 2.17. The Balaban J connectivity index is 2.53. The van der Waals surface area contributed by atoms with Crippen LogP contribution in [0.15, 0.2) is 36.9 Å². The Morgan fingerprint density at radius 2 is 2.00 bits per heavy atom. The number of hydrogen-bond donors (Lipinski definition) is 1. The Hall–Kier alpha value is -1.28. The molecule has 2 heteroatoms. The van der Waals surface area contributed by atoms with E-state index in [1.54, 1.807) is 6.08 Å². The summed E-state index contributed by atoms with van der Waals surface area (Å²) in [6.45, 7) is 5.09. The summed E-state index contributed by atoms with van der Waals surface area (Å²) >= 11 is 0. The van der Waals surface area contributed by atoms with E-state index in [2.05, 4.69) is 24.4 Å². The molecule has 0 heterocycles. The molecule has 0 aromatic heterocycles. The lowest BCUT2D eigenvalue weighted by Gasteiger charge is -2.03. The minimum Gasteiger partial charge on any atom is -0.490 e. The van der Waals surface area contributed by atoms with E-state index in [0.717, 1.165) is 18.7 Å². The number of benzene rings is 1. The quantitative estimate of drug-likeness (QED) is 0.672. The second kappa shape index (κ2) is 5.38. The minimum atomic E-state index is 0.564. The highest BCUT2D eigenvalue weighted by Crippen LogP contribution is 2.11. The topological polar surface area (TPSA) is 36.9 Å². The van der Waals surface area contributed by atoms with Gasteiger partial charge in [0.1, 0.15) is 12.4 Å². The predicted octanol–water partition coefficient (Wildman–Crippen LogP) is 1.04. The van der Waals surface area contributed by atoms with Crippen molar-refractivity contribution >= 4 is 0 Å². The molecule has 70 valence electrons. The maximum absolute atomic E-state index is 5.35. The van der Waals surface area contributed by atoms with E-state index in [-0.39, 0.29) is 0 Å². The molecule has 1 aromatic rings. The van der Waals surface area contributed by atoms with Gasteiger partial charge >= 0.3 is 0 Å². The minimum absolute atomic E-state index is 0.564. The van der Waals surface area contributed by atoms with Crippen LogP contribution in [-0.2, 0) is 6.42 Å². The van der Waals surface area contributed by atoms with Gasteiger partial charge in [-0.1, -0.05) is 24.8 Å². The van der Waals surface area contributed by atoms with E-state index >= 15 is 0 Å². The number of hydrogen-bond acceptors (Lipinski definition) is 1. The van der Waals surface area contributed by atoms with Crippen LogP contribution in [0.3, 0.4) is 0 Å². The summed E-state index contributed by atoms with van der Waals surface area (Å²) in [5.41, 5.74) is 5.11. The van der Waals surface area contributed by atoms with Crippen LogP contribution in [0.25, 0.3) is 0 Å². The Labute approximate surface area is 79.0 Å². The lowest BCUT2D eigenvalue weighted by molar-refractivity contribution is -0.366. The van der Waals surface area contributed by atoms with Crippen LogP contribution in [0.2, 0.25) is 0 Å². The van der Waals surface area contributed by atoms with Crippen LogP contribution in [0, 0.1) is 0 Å². The predicted molar refractivity (Wildman–Crippen MR) is 53.6 cm³/mol. The number of ether oxygens (including phenoxy) is 1. The monoisotopic (exact) mass is 178 g/mol. The molecule has 0 amide bonds. The first kappa shape index (κ1) is 9.81. The third kappa shape index (κ3) is 3.30. The van der Waals surface area contributed by atoms with Crippen LogP contribution in [-0.4, -0.2) is 13.2 Å². The zero-order valence-corrected chi connectivity index (χ0v) is 7.83. The second-order valence-corrected chi connectivity index (χ2v) is 2.85. The second-order valence-electron chi connectivity index (χ2n) is 2.85. The van der Waals surface area contributed by atoms with E-state index in [1.807, 2.05) is 12.1 Å². The third-order valence-electron chi connectivity index (χ3n) is 1.76. The summed E-state index contributed by atoms with van der Waals surface area (Å²) in [6, 6.07) is 8.11. The van der Waals surface area contributed by atoms with E-state index in [1.165, 1.54) is 5.56 Å². The van der Waals surface area contributed by atoms with Crippen LogP contribution in [0.4, 0.5) is 0 Å². The molecule has 3 N–H and O–H groups in total. The molecule has 0 atom stereocenters. The zero-order valence-electron chi connectivity index (χ0n) is 7.83. The van der Waals surface area contributed by atoms with E-state index < -0.39 is 0 Å². The van der Waals surface area contributed by atoms with Gasteiger partial charge < -0.3 is 10.5 Å². The van der Waals surface area contributed by atoms with Gasteiger partial charge in [-0.05, 0) is 17.7 Å². The maximum Gasteiger partial charge on any atom is 0.119 e. The van der Waals surface area contributed by atoms with Crippen molar-refractivity contribution < 1.29 is 10.5 Å². The molecule has 1 aromatic carbocycles. The Morgan fingerprint density at radius 1 is 1.31 bits per heavy atom. The van der Waals surface area contributed by atoms with Crippen LogP contribution >= 0.6 is 0 Å². The first-order chi connectivity index (χ1) is 6.36. The van der Waals surface area contributed by atoms with E-state index in [9.17, 15) is 0 Å². The van der Waals surface area contributed by atoms with Gasteiger partial charge in [0.2, 0.25) is 0 Å². The fourth-order valence-electron chi connectivity index (χ4n) is 1.11. The fraction of sp³-hybridized carbons (Fsp3) is 0.273. The van der Waals surface area contributed by atoms with Crippen molar-refractivity contribution in [3.8, 4) is 5.75 Å². The molecule has 0 aliphatic rings. The molecule has 2 nitrogen and oxygen atoms in total. The van der Waals surface area contributed by atoms with Gasteiger partial charge in [0.05, 0.1) is 6.54 Å². The van der Waals surface area contributed by atoms with Crippen molar-refractivity contribution in [2.75, 3.05) is 13.2 Å². The van der Waals surface area contributed by atoms with Crippen molar-refractivity contribution in [2.24, 2.45) is 0 Å². The molecular formula is C11H16NO+. The molecule has 0 bridgehead atoms. The van der Waals surface area contributed by atoms with Crippen molar-refractivity contribution in [3.05, 3.63) is 42.5 Å². The molecule has 0 saturated heterocycles. The van der Waals surface area contributed by atoms with Crippen LogP contribution in [0.1, 0.15) is 5.56 Å². The summed E-state index contributed by atoms with van der Waals surface area (Å²) in [4.78, 5) is 0. The lowest BCUT2D eigenvalue weighted by atomic mass is 10.1. The van der Waals surface area contributed by atoms with Gasteiger partial charge in [0, 0.05) is 6.42 Å². The van der Waals surface area contributed by atoms with Gasteiger partial charge in [-0.25, -0.2) is 0 Å². The Kier molecular flexibility index (Phi) is 4.06. The lowest BCUT2D eigenvalue weighted by Crippen LogP contribution is -2.51.